The smallest absolute Gasteiger partial charge is 0.124 e. The molecule has 0 spiro atoms. The summed E-state index contributed by atoms with van der Waals surface area (Å²) in [5, 5.41) is 5.39. The quantitative estimate of drug-likeness (QED) is 0.919. The van der Waals surface area contributed by atoms with Gasteiger partial charge >= 0.3 is 0 Å². The molecule has 0 saturated heterocycles. The number of nitrogens with one attached hydrogen (secondary N) is 1. The van der Waals surface area contributed by atoms with Gasteiger partial charge in [-0.1, -0.05) is 6.07 Å². The van der Waals surface area contributed by atoms with E-state index in [0.717, 1.165) is 17.0 Å². The molecule has 3 nitrogen and oxygen atoms in total. The van der Waals surface area contributed by atoms with E-state index >= 15 is 0 Å². The largest absolute Gasteiger partial charge is 0.496 e. The number of nitrogens with zero attached hydrogens (tertiary/aromatic N) is 1. The maximum absolute atomic E-state index is 5.52. The second-order valence-electron chi connectivity index (χ2n) is 4.33. The predicted octanol–water partition coefficient (Wildman–Crippen LogP) is 3.08. The van der Waals surface area contributed by atoms with Gasteiger partial charge in [-0.05, 0) is 38.1 Å². The highest BCUT2D eigenvalue weighted by Crippen LogP contribution is 2.33. The highest BCUT2D eigenvalue weighted by Gasteiger charge is 2.20. The monoisotopic (exact) mass is 262 g/mol. The summed E-state index contributed by atoms with van der Waals surface area (Å²) in [6.07, 6.45) is 0. The van der Waals surface area contributed by atoms with Gasteiger partial charge in [-0.15, -0.1) is 11.3 Å². The molecule has 18 heavy (non-hydrogen) atoms. The van der Waals surface area contributed by atoms with E-state index in [1.807, 2.05) is 12.6 Å². The summed E-state index contributed by atoms with van der Waals surface area (Å²) in [6.45, 7) is 4.19. The lowest BCUT2D eigenvalue weighted by atomic mass is 9.96. The van der Waals surface area contributed by atoms with Crippen LogP contribution in [0.25, 0.3) is 0 Å². The van der Waals surface area contributed by atoms with Gasteiger partial charge in [0.1, 0.15) is 5.75 Å². The van der Waals surface area contributed by atoms with Crippen LogP contribution in [0.5, 0.6) is 5.75 Å². The van der Waals surface area contributed by atoms with E-state index in [0.29, 0.717) is 0 Å². The third kappa shape index (κ3) is 2.40. The van der Waals surface area contributed by atoms with Gasteiger partial charge in [-0.2, -0.15) is 0 Å². The molecule has 1 N–H and O–H groups in total. The summed E-state index contributed by atoms with van der Waals surface area (Å²) < 4.78 is 5.52. The van der Waals surface area contributed by atoms with Gasteiger partial charge in [-0.25, -0.2) is 4.98 Å². The molecule has 0 radical (unpaired) electrons. The molecule has 1 aromatic carbocycles. The minimum absolute atomic E-state index is 0.0757. The summed E-state index contributed by atoms with van der Waals surface area (Å²) in [5.41, 5.74) is 6.49. The second kappa shape index (κ2) is 5.50. The molecule has 4 heteroatoms. The van der Waals surface area contributed by atoms with Gasteiger partial charge in [-0.3, -0.25) is 0 Å². The molecule has 1 heterocycles. The average Bonchev–Trinajstić information content (AvgIpc) is 2.85. The van der Waals surface area contributed by atoms with Crippen LogP contribution in [0.15, 0.2) is 23.0 Å². The Labute approximate surface area is 112 Å². The Balaban J connectivity index is 2.55. The van der Waals surface area contributed by atoms with E-state index in [-0.39, 0.29) is 6.04 Å². The number of aromatic nitrogens is 1. The van der Waals surface area contributed by atoms with Crippen LogP contribution in [0.2, 0.25) is 0 Å². The minimum atomic E-state index is 0.0757. The molecule has 2 aromatic rings. The average molecular weight is 262 g/mol. The van der Waals surface area contributed by atoms with Crippen molar-refractivity contribution >= 4 is 11.3 Å². The SMILES string of the molecule is CNC(c1cscn1)c1c(C)cc(C)cc1OC. The van der Waals surface area contributed by atoms with Crippen molar-refractivity contribution in [1.29, 1.82) is 0 Å². The standard InChI is InChI=1S/C14H18N2OS/c1-9-5-10(2)13(12(6-9)17-4)14(15-3)11-7-18-8-16-11/h5-8,14-15H,1-4H3. The zero-order chi connectivity index (χ0) is 13.1. The predicted molar refractivity (Wildman–Crippen MR) is 75.5 cm³/mol. The van der Waals surface area contributed by atoms with Crippen LogP contribution in [0.4, 0.5) is 0 Å². The lowest BCUT2D eigenvalue weighted by Gasteiger charge is -2.20. The van der Waals surface area contributed by atoms with Crippen LogP contribution in [-0.4, -0.2) is 19.1 Å². The van der Waals surface area contributed by atoms with Crippen molar-refractivity contribution in [3.63, 3.8) is 0 Å². The van der Waals surface area contributed by atoms with Crippen molar-refractivity contribution in [2.75, 3.05) is 14.2 Å². The molecule has 1 unspecified atom stereocenters. The topological polar surface area (TPSA) is 34.2 Å². The van der Waals surface area contributed by atoms with Gasteiger partial charge in [0, 0.05) is 10.9 Å². The van der Waals surface area contributed by atoms with Crippen LogP contribution in [-0.2, 0) is 0 Å². The van der Waals surface area contributed by atoms with E-state index in [4.69, 9.17) is 4.74 Å². The van der Waals surface area contributed by atoms with Crippen molar-refractivity contribution in [3.8, 4) is 5.75 Å². The van der Waals surface area contributed by atoms with Crippen molar-refractivity contribution in [3.05, 3.63) is 45.4 Å². The number of hydrogen-bond donors (Lipinski definition) is 1. The number of methoxy groups -OCH3 is 1. The molecule has 1 aromatic heterocycles. The Bertz CT molecular complexity index is 523. The third-order valence-electron chi connectivity index (χ3n) is 3.04. The Hall–Kier alpha value is -1.39. The van der Waals surface area contributed by atoms with Crippen molar-refractivity contribution in [2.45, 2.75) is 19.9 Å². The maximum Gasteiger partial charge on any atom is 0.124 e. The Morgan fingerprint density at radius 3 is 2.67 bits per heavy atom. The number of hydrogen-bond acceptors (Lipinski definition) is 4. The van der Waals surface area contributed by atoms with Crippen LogP contribution in [0, 0.1) is 13.8 Å². The fourth-order valence-electron chi connectivity index (χ4n) is 2.28. The number of rotatable bonds is 4. The fraction of sp³-hybridized carbons (Fsp3) is 0.357. The van der Waals surface area contributed by atoms with Gasteiger partial charge in [0.05, 0.1) is 24.4 Å². The number of aryl methyl sites for hydroxylation is 2. The highest BCUT2D eigenvalue weighted by atomic mass is 32.1. The summed E-state index contributed by atoms with van der Waals surface area (Å²) in [7, 11) is 3.66. The molecule has 0 aliphatic carbocycles. The zero-order valence-corrected chi connectivity index (χ0v) is 12.0. The van der Waals surface area contributed by atoms with Crippen molar-refractivity contribution in [2.24, 2.45) is 0 Å². The van der Waals surface area contributed by atoms with Crippen molar-refractivity contribution in [1.82, 2.24) is 10.3 Å². The second-order valence-corrected chi connectivity index (χ2v) is 5.05. The maximum atomic E-state index is 5.52. The lowest BCUT2D eigenvalue weighted by Crippen LogP contribution is -2.20. The first-order valence-corrected chi connectivity index (χ1v) is 6.82. The molecule has 96 valence electrons. The van der Waals surface area contributed by atoms with Crippen molar-refractivity contribution < 1.29 is 4.74 Å². The Morgan fingerprint density at radius 1 is 1.33 bits per heavy atom. The molecule has 0 bridgehead atoms. The number of benzene rings is 1. The lowest BCUT2D eigenvalue weighted by molar-refractivity contribution is 0.404. The van der Waals surface area contributed by atoms with Crippen LogP contribution in [0.3, 0.4) is 0 Å². The van der Waals surface area contributed by atoms with Crippen LogP contribution in [0.1, 0.15) is 28.4 Å². The zero-order valence-electron chi connectivity index (χ0n) is 11.2. The Kier molecular flexibility index (Phi) is 3.99. The third-order valence-corrected chi connectivity index (χ3v) is 3.64. The molecule has 0 fully saturated rings. The summed E-state index contributed by atoms with van der Waals surface area (Å²) in [6, 6.07) is 4.32. The molecule has 0 amide bonds. The summed E-state index contributed by atoms with van der Waals surface area (Å²) in [5.74, 6) is 0.917. The van der Waals surface area contributed by atoms with Crippen LogP contribution >= 0.6 is 11.3 Å². The van der Waals surface area contributed by atoms with Gasteiger partial charge in [0.2, 0.25) is 0 Å². The normalized spacial score (nSPS) is 12.4. The van der Waals surface area contributed by atoms with Gasteiger partial charge in [0.25, 0.3) is 0 Å². The van der Waals surface area contributed by atoms with Gasteiger partial charge in [0.15, 0.2) is 0 Å². The first-order chi connectivity index (χ1) is 8.67. The Morgan fingerprint density at radius 2 is 2.11 bits per heavy atom. The molecule has 0 aliphatic heterocycles. The molecular formula is C14H18N2OS. The molecular weight excluding hydrogens is 244 g/mol. The van der Waals surface area contributed by atoms with E-state index in [1.54, 1.807) is 18.4 Å². The molecule has 2 rings (SSSR count). The number of thiazole rings is 1. The van der Waals surface area contributed by atoms with E-state index < -0.39 is 0 Å². The van der Waals surface area contributed by atoms with Gasteiger partial charge < -0.3 is 10.1 Å². The van der Waals surface area contributed by atoms with E-state index in [2.05, 4.69) is 41.7 Å². The summed E-state index contributed by atoms with van der Waals surface area (Å²) >= 11 is 1.61. The highest BCUT2D eigenvalue weighted by molar-refractivity contribution is 7.07. The number of ether oxygens (including phenoxy) is 1. The first-order valence-electron chi connectivity index (χ1n) is 5.87. The minimum Gasteiger partial charge on any atom is -0.496 e. The molecule has 0 aliphatic rings. The first kappa shape index (κ1) is 13.1. The van der Waals surface area contributed by atoms with E-state index in [9.17, 15) is 0 Å². The molecule has 1 atom stereocenters. The summed E-state index contributed by atoms with van der Waals surface area (Å²) in [4.78, 5) is 4.40. The fourth-order valence-corrected chi connectivity index (χ4v) is 2.86. The molecule has 0 saturated carbocycles. The van der Waals surface area contributed by atoms with E-state index in [1.165, 1.54) is 11.1 Å². The van der Waals surface area contributed by atoms with Crippen LogP contribution < -0.4 is 10.1 Å².